The molecule has 0 aliphatic heterocycles. The molecule has 0 saturated heterocycles. The molecule has 0 aliphatic rings. The number of benzene rings is 1. The highest BCUT2D eigenvalue weighted by molar-refractivity contribution is 5.98. The lowest BCUT2D eigenvalue weighted by Crippen LogP contribution is -2.20. The lowest BCUT2D eigenvalue weighted by Gasteiger charge is -2.11. The molecular formula is C13H16N4O2. The predicted molar refractivity (Wildman–Crippen MR) is 74.7 cm³/mol. The minimum atomic E-state index is -0.474. The molecule has 1 heterocycles. The number of aromatic nitrogens is 1. The van der Waals surface area contributed by atoms with E-state index < -0.39 is 5.91 Å². The van der Waals surface area contributed by atoms with Crippen LogP contribution in [0.25, 0.3) is 10.8 Å². The van der Waals surface area contributed by atoms with Crippen LogP contribution in [0.15, 0.2) is 30.6 Å². The van der Waals surface area contributed by atoms with Gasteiger partial charge in [0, 0.05) is 29.7 Å². The van der Waals surface area contributed by atoms with Crippen molar-refractivity contribution in [2.45, 2.75) is 0 Å². The maximum Gasteiger partial charge on any atom is 0.243 e. The first kappa shape index (κ1) is 13.1. The molecule has 5 N–H and O–H groups in total. The number of nitrogen functional groups attached to an aromatic ring is 1. The molecule has 2 aromatic rings. The third kappa shape index (κ3) is 3.32. The van der Waals surface area contributed by atoms with E-state index in [9.17, 15) is 4.79 Å². The van der Waals surface area contributed by atoms with Gasteiger partial charge in [0.05, 0.1) is 18.0 Å². The average Bonchev–Trinajstić information content (AvgIpc) is 2.41. The predicted octanol–water partition coefficient (Wildman–Crippen LogP) is 0.731. The van der Waals surface area contributed by atoms with E-state index in [0.717, 1.165) is 16.5 Å². The van der Waals surface area contributed by atoms with Gasteiger partial charge in [-0.1, -0.05) is 6.07 Å². The number of anilines is 2. The average molecular weight is 260 g/mol. The Morgan fingerprint density at radius 1 is 1.37 bits per heavy atom. The van der Waals surface area contributed by atoms with Crippen molar-refractivity contribution >= 4 is 28.1 Å². The summed E-state index contributed by atoms with van der Waals surface area (Å²) in [7, 11) is 0. The smallest absolute Gasteiger partial charge is 0.243 e. The zero-order chi connectivity index (χ0) is 13.7. The van der Waals surface area contributed by atoms with Crippen molar-refractivity contribution in [1.82, 2.24) is 4.98 Å². The Labute approximate surface area is 110 Å². The fraction of sp³-hybridized carbons (Fsp3) is 0.231. The van der Waals surface area contributed by atoms with Gasteiger partial charge in [-0.15, -0.1) is 0 Å². The molecule has 0 fully saturated rings. The van der Waals surface area contributed by atoms with Crippen LogP contribution < -0.4 is 16.8 Å². The molecule has 2 rings (SSSR count). The molecule has 0 atom stereocenters. The Bertz CT molecular complexity index is 586. The standard InChI is InChI=1S/C13H16N4O2/c14-12(18)8-19-6-5-17-11-2-1-9-7-16-4-3-10(9)13(11)15/h1-4,7,17H,5-6,8,15H2,(H2,14,18). The molecule has 0 bridgehead atoms. The van der Waals surface area contributed by atoms with E-state index in [1.54, 1.807) is 12.4 Å². The van der Waals surface area contributed by atoms with E-state index >= 15 is 0 Å². The van der Waals surface area contributed by atoms with Crippen LogP contribution in [0, 0.1) is 0 Å². The van der Waals surface area contributed by atoms with Gasteiger partial charge < -0.3 is 21.5 Å². The monoisotopic (exact) mass is 260 g/mol. The van der Waals surface area contributed by atoms with E-state index in [1.807, 2.05) is 18.2 Å². The molecule has 6 heteroatoms. The van der Waals surface area contributed by atoms with Gasteiger partial charge in [-0.3, -0.25) is 9.78 Å². The summed E-state index contributed by atoms with van der Waals surface area (Å²) in [6.07, 6.45) is 3.48. The number of nitrogens with one attached hydrogen (secondary N) is 1. The Morgan fingerprint density at radius 3 is 3.00 bits per heavy atom. The number of fused-ring (bicyclic) bond motifs is 1. The lowest BCUT2D eigenvalue weighted by molar-refractivity contribution is -0.122. The minimum Gasteiger partial charge on any atom is -0.397 e. The summed E-state index contributed by atoms with van der Waals surface area (Å²) in [4.78, 5) is 14.5. The molecule has 0 unspecified atom stereocenters. The molecule has 1 aromatic heterocycles. The first-order chi connectivity index (χ1) is 9.18. The van der Waals surface area contributed by atoms with Crippen LogP contribution in [0.3, 0.4) is 0 Å². The molecular weight excluding hydrogens is 244 g/mol. The zero-order valence-electron chi connectivity index (χ0n) is 10.4. The fourth-order valence-electron chi connectivity index (χ4n) is 1.78. The van der Waals surface area contributed by atoms with E-state index in [4.69, 9.17) is 16.2 Å². The van der Waals surface area contributed by atoms with E-state index in [1.165, 1.54) is 0 Å². The van der Waals surface area contributed by atoms with E-state index in [0.29, 0.717) is 18.8 Å². The molecule has 100 valence electrons. The van der Waals surface area contributed by atoms with Gasteiger partial charge in [0.15, 0.2) is 0 Å². The summed E-state index contributed by atoms with van der Waals surface area (Å²) in [5.41, 5.74) is 12.5. The van der Waals surface area contributed by atoms with Crippen LogP contribution in [0.4, 0.5) is 11.4 Å². The van der Waals surface area contributed by atoms with Crippen LogP contribution in [-0.4, -0.2) is 30.6 Å². The SMILES string of the molecule is NC(=O)COCCNc1ccc2cnccc2c1N. The number of hydrogen-bond donors (Lipinski definition) is 3. The summed E-state index contributed by atoms with van der Waals surface area (Å²) in [5, 5.41) is 5.11. The summed E-state index contributed by atoms with van der Waals surface area (Å²) >= 11 is 0. The molecule has 0 spiro atoms. The number of carbonyl (C=O) groups excluding carboxylic acids is 1. The van der Waals surface area contributed by atoms with Crippen molar-refractivity contribution in [3.63, 3.8) is 0 Å². The highest BCUT2D eigenvalue weighted by Gasteiger charge is 2.03. The second-order valence-corrected chi connectivity index (χ2v) is 4.07. The number of hydrogen-bond acceptors (Lipinski definition) is 5. The van der Waals surface area contributed by atoms with Gasteiger partial charge in [-0.05, 0) is 12.1 Å². The number of nitrogens with zero attached hydrogens (tertiary/aromatic N) is 1. The van der Waals surface area contributed by atoms with Crippen molar-refractivity contribution < 1.29 is 9.53 Å². The van der Waals surface area contributed by atoms with Crippen LogP contribution in [0.5, 0.6) is 0 Å². The molecule has 1 aromatic carbocycles. The van der Waals surface area contributed by atoms with Gasteiger partial charge >= 0.3 is 0 Å². The van der Waals surface area contributed by atoms with E-state index in [-0.39, 0.29) is 6.61 Å². The van der Waals surface area contributed by atoms with Crippen molar-refractivity contribution in [1.29, 1.82) is 0 Å². The van der Waals surface area contributed by atoms with Crippen LogP contribution in [0.2, 0.25) is 0 Å². The third-order valence-electron chi connectivity index (χ3n) is 2.67. The van der Waals surface area contributed by atoms with Crippen molar-refractivity contribution in [2.75, 3.05) is 30.8 Å². The Hall–Kier alpha value is -2.34. The number of amides is 1. The van der Waals surface area contributed by atoms with Crippen LogP contribution in [-0.2, 0) is 9.53 Å². The third-order valence-corrected chi connectivity index (χ3v) is 2.67. The maximum atomic E-state index is 10.5. The van der Waals surface area contributed by atoms with Gasteiger partial charge in [-0.25, -0.2) is 0 Å². The Kier molecular flexibility index (Phi) is 4.15. The topological polar surface area (TPSA) is 103 Å². The normalized spacial score (nSPS) is 10.5. The highest BCUT2D eigenvalue weighted by atomic mass is 16.5. The molecule has 0 aliphatic carbocycles. The second kappa shape index (κ2) is 6.01. The molecule has 1 amide bonds. The second-order valence-electron chi connectivity index (χ2n) is 4.07. The Balaban J connectivity index is 1.97. The highest BCUT2D eigenvalue weighted by Crippen LogP contribution is 2.27. The number of carbonyl (C=O) groups is 1. The Morgan fingerprint density at radius 2 is 2.21 bits per heavy atom. The first-order valence-electron chi connectivity index (χ1n) is 5.90. The van der Waals surface area contributed by atoms with Gasteiger partial charge in [0.1, 0.15) is 6.61 Å². The van der Waals surface area contributed by atoms with Gasteiger partial charge in [0.2, 0.25) is 5.91 Å². The maximum absolute atomic E-state index is 10.5. The number of primary amides is 1. The van der Waals surface area contributed by atoms with Crippen LogP contribution in [0.1, 0.15) is 0 Å². The van der Waals surface area contributed by atoms with Crippen molar-refractivity contribution in [3.05, 3.63) is 30.6 Å². The van der Waals surface area contributed by atoms with E-state index in [2.05, 4.69) is 10.3 Å². The largest absolute Gasteiger partial charge is 0.397 e. The van der Waals surface area contributed by atoms with Crippen molar-refractivity contribution in [2.24, 2.45) is 5.73 Å². The molecule has 19 heavy (non-hydrogen) atoms. The summed E-state index contributed by atoms with van der Waals surface area (Å²) in [5.74, 6) is -0.474. The lowest BCUT2D eigenvalue weighted by atomic mass is 10.1. The number of pyridine rings is 1. The number of nitrogens with two attached hydrogens (primary N) is 2. The number of ether oxygens (including phenoxy) is 1. The molecule has 6 nitrogen and oxygen atoms in total. The quantitative estimate of drug-likeness (QED) is 0.525. The summed E-state index contributed by atoms with van der Waals surface area (Å²) in [6.45, 7) is 0.866. The number of rotatable bonds is 6. The summed E-state index contributed by atoms with van der Waals surface area (Å²) in [6, 6.07) is 5.72. The fourth-order valence-corrected chi connectivity index (χ4v) is 1.78. The van der Waals surface area contributed by atoms with Gasteiger partial charge in [0.25, 0.3) is 0 Å². The minimum absolute atomic E-state index is 0.0689. The summed E-state index contributed by atoms with van der Waals surface area (Å²) < 4.78 is 5.06. The van der Waals surface area contributed by atoms with Crippen molar-refractivity contribution in [3.8, 4) is 0 Å². The van der Waals surface area contributed by atoms with Crippen LogP contribution >= 0.6 is 0 Å². The molecule has 0 radical (unpaired) electrons. The first-order valence-corrected chi connectivity index (χ1v) is 5.90. The van der Waals surface area contributed by atoms with Gasteiger partial charge in [-0.2, -0.15) is 0 Å². The molecule has 0 saturated carbocycles. The zero-order valence-corrected chi connectivity index (χ0v) is 10.4.